The van der Waals surface area contributed by atoms with E-state index < -0.39 is 111 Å². The number of benzene rings is 4. The molecule has 6 rings (SSSR count). The Bertz CT molecular complexity index is 2420. The normalized spacial score (nSPS) is 12.0. The van der Waals surface area contributed by atoms with Crippen LogP contribution in [-0.4, -0.2) is 49.8 Å². The minimum absolute atomic E-state index is 0.224. The van der Waals surface area contributed by atoms with E-state index in [-0.39, 0.29) is 28.1 Å². The van der Waals surface area contributed by atoms with Gasteiger partial charge in [-0.1, -0.05) is 0 Å². The Morgan fingerprint density at radius 2 is 1.04 bits per heavy atom. The molecule has 6 aromatic rings. The van der Waals surface area contributed by atoms with E-state index in [9.17, 15) is 59.7 Å². The molecule has 10 nitrogen and oxygen atoms in total. The number of phenolic OH excluding ortho intramolecular Hbond substituents is 2. The first-order valence-corrected chi connectivity index (χ1v) is 15.6. The smallest absolute Gasteiger partial charge is 0.503 e. The molecule has 0 radical (unpaired) electrons. The summed E-state index contributed by atoms with van der Waals surface area (Å²) in [6.07, 6.45) is -11.0. The molecule has 20 heteroatoms. The molecule has 0 aliphatic heterocycles. The molecule has 56 heavy (non-hydrogen) atoms. The van der Waals surface area contributed by atoms with Crippen molar-refractivity contribution in [1.29, 1.82) is 0 Å². The maximum atomic E-state index is 15.5. The number of halogens is 10. The molecule has 0 unspecified atom stereocenters. The molecule has 0 fully saturated rings. The summed E-state index contributed by atoms with van der Waals surface area (Å²) in [6.45, 7) is 2.35. The number of rotatable bonds is 7. The number of aromatic nitrogens is 2. The highest BCUT2D eigenvalue weighted by Gasteiger charge is 2.33. The Morgan fingerprint density at radius 1 is 0.643 bits per heavy atom. The first-order chi connectivity index (χ1) is 26.1. The summed E-state index contributed by atoms with van der Waals surface area (Å²) in [5.41, 5.74) is -3.08. The number of hydrogen-bond acceptors (Lipinski definition) is 7. The second-order valence-corrected chi connectivity index (χ2v) is 12.0. The van der Waals surface area contributed by atoms with E-state index >= 15 is 8.78 Å². The summed E-state index contributed by atoms with van der Waals surface area (Å²) in [6, 6.07) is 7.97. The van der Waals surface area contributed by atoms with Gasteiger partial charge in [0.15, 0.2) is 34.8 Å². The van der Waals surface area contributed by atoms with Crippen molar-refractivity contribution in [2.45, 2.75) is 33.0 Å². The lowest BCUT2D eigenvalue weighted by Gasteiger charge is -2.11. The van der Waals surface area contributed by atoms with Crippen LogP contribution in [0.4, 0.5) is 49.6 Å². The third-order valence-corrected chi connectivity index (χ3v) is 8.53. The zero-order valence-corrected chi connectivity index (χ0v) is 28.1. The highest BCUT2D eigenvalue weighted by Crippen LogP contribution is 2.40. The van der Waals surface area contributed by atoms with Gasteiger partial charge in [0.2, 0.25) is 5.91 Å². The number of amides is 1. The number of alkyl halides is 6. The van der Waals surface area contributed by atoms with Crippen molar-refractivity contribution in [1.82, 2.24) is 9.13 Å². The Kier molecular flexibility index (Phi) is 9.64. The van der Waals surface area contributed by atoms with Crippen LogP contribution in [-0.2, 0) is 11.2 Å². The van der Waals surface area contributed by atoms with Crippen LogP contribution >= 0.6 is 0 Å². The third kappa shape index (κ3) is 7.11. The van der Waals surface area contributed by atoms with Crippen molar-refractivity contribution in [3.63, 3.8) is 0 Å². The lowest BCUT2D eigenvalue weighted by atomic mass is 10.1. The molecule has 3 N–H and O–H groups in total. The van der Waals surface area contributed by atoms with Crippen molar-refractivity contribution >= 4 is 45.2 Å². The third-order valence-electron chi connectivity index (χ3n) is 8.53. The van der Waals surface area contributed by atoms with Crippen molar-refractivity contribution in [2.24, 2.45) is 0 Å². The van der Waals surface area contributed by atoms with Crippen LogP contribution in [0.3, 0.4) is 0 Å². The predicted molar refractivity (Wildman–Crippen MR) is 175 cm³/mol. The van der Waals surface area contributed by atoms with Gasteiger partial charge in [-0.25, -0.2) is 17.6 Å². The zero-order chi connectivity index (χ0) is 41.2. The Morgan fingerprint density at radius 3 is 1.46 bits per heavy atom. The molecule has 2 heterocycles. The Balaban J connectivity index is 1.41. The highest BCUT2D eigenvalue weighted by molar-refractivity contribution is 6.12. The second kappa shape index (κ2) is 13.8. The highest BCUT2D eigenvalue weighted by atomic mass is 19.4. The monoisotopic (exact) mass is 797 g/mol. The fourth-order valence-electron chi connectivity index (χ4n) is 6.13. The van der Waals surface area contributed by atoms with Gasteiger partial charge in [-0.05, 0) is 67.9 Å². The van der Waals surface area contributed by atoms with E-state index in [1.165, 1.54) is 6.92 Å². The van der Waals surface area contributed by atoms with Gasteiger partial charge in [0.05, 0.1) is 28.5 Å². The van der Waals surface area contributed by atoms with E-state index in [4.69, 9.17) is 0 Å². The largest absolute Gasteiger partial charge is 0.573 e. The lowest BCUT2D eigenvalue weighted by molar-refractivity contribution is -0.275. The Labute approximate surface area is 305 Å². The summed E-state index contributed by atoms with van der Waals surface area (Å²) < 4.78 is 145. The first kappa shape index (κ1) is 39.0. The summed E-state index contributed by atoms with van der Waals surface area (Å²) in [5.74, 6) is -14.0. The van der Waals surface area contributed by atoms with Crippen molar-refractivity contribution in [2.75, 3.05) is 5.32 Å². The molecule has 0 saturated heterocycles. The first-order valence-electron chi connectivity index (χ1n) is 15.6. The molecule has 4 aromatic carbocycles. The van der Waals surface area contributed by atoms with Crippen LogP contribution in [0.5, 0.6) is 23.0 Å². The minimum atomic E-state index is -5.06. The van der Waals surface area contributed by atoms with Crippen molar-refractivity contribution in [3.8, 4) is 23.0 Å². The molecule has 292 valence electrons. The lowest BCUT2D eigenvalue weighted by Crippen LogP contribution is -2.19. The molecule has 0 aliphatic carbocycles. The molecule has 1 amide bonds. The van der Waals surface area contributed by atoms with Crippen molar-refractivity contribution < 1.29 is 78.0 Å². The molecule has 0 saturated carbocycles. The van der Waals surface area contributed by atoms with E-state index in [1.54, 1.807) is 0 Å². The quantitative estimate of drug-likeness (QED) is 0.138. The van der Waals surface area contributed by atoms with E-state index in [0.29, 0.717) is 16.7 Å². The van der Waals surface area contributed by atoms with Crippen LogP contribution in [0, 0.1) is 37.1 Å². The average Bonchev–Trinajstić information content (AvgIpc) is 3.53. The number of phenols is 2. The molecular formula is C36H21F10N3O7. The Hall–Kier alpha value is -6.73. The standard InChI is InChI=1S/C36H21F10N3O7/c1-14-20(26-23(12-21(37)31(51)28(26)39)48(14)33(53)16-3-7-18(8-4-16)55-35(41,42)43)11-25(50)47-30-15(2)49(24-13-22(38)32(52)29(40)27(24)30)34(54)17-5-9-19(10-6-17)56-36(44,45)46/h3-10,12-13,51-52H,11H2,1-2H3,(H,47,50). The average molecular weight is 798 g/mol. The molecule has 2 aromatic heterocycles. The number of nitrogens with zero attached hydrogens (tertiary/aromatic N) is 2. The van der Waals surface area contributed by atoms with Crippen LogP contribution in [0.25, 0.3) is 21.8 Å². The fourth-order valence-corrected chi connectivity index (χ4v) is 6.13. The maximum Gasteiger partial charge on any atom is 0.573 e. The minimum Gasteiger partial charge on any atom is -0.503 e. The van der Waals surface area contributed by atoms with E-state index in [2.05, 4.69) is 14.8 Å². The molecular weight excluding hydrogens is 776 g/mol. The summed E-state index contributed by atoms with van der Waals surface area (Å²) in [7, 11) is 0. The molecule has 0 bridgehead atoms. The molecule has 0 aliphatic rings. The number of ether oxygens (including phenoxy) is 2. The predicted octanol–water partition coefficient (Wildman–Crippen LogP) is 8.54. The van der Waals surface area contributed by atoms with Crippen LogP contribution in [0.1, 0.15) is 37.7 Å². The van der Waals surface area contributed by atoms with Crippen LogP contribution in [0.2, 0.25) is 0 Å². The fraction of sp³-hybridized carbons (Fsp3) is 0.139. The number of aromatic hydroxyl groups is 2. The summed E-state index contributed by atoms with van der Waals surface area (Å²) >= 11 is 0. The van der Waals surface area contributed by atoms with Crippen LogP contribution < -0.4 is 14.8 Å². The number of carbonyl (C=O) groups is 3. The zero-order valence-electron chi connectivity index (χ0n) is 28.1. The van der Waals surface area contributed by atoms with Gasteiger partial charge in [0.1, 0.15) is 11.5 Å². The van der Waals surface area contributed by atoms with Gasteiger partial charge in [-0.15, -0.1) is 26.3 Å². The summed E-state index contributed by atoms with van der Waals surface area (Å²) in [4.78, 5) is 40.9. The maximum absolute atomic E-state index is 15.5. The topological polar surface area (TPSA) is 132 Å². The van der Waals surface area contributed by atoms with Gasteiger partial charge < -0.3 is 25.0 Å². The van der Waals surface area contributed by atoms with Gasteiger partial charge in [0, 0.05) is 40.0 Å². The summed E-state index contributed by atoms with van der Waals surface area (Å²) in [5, 5.41) is 21.1. The van der Waals surface area contributed by atoms with Gasteiger partial charge >= 0.3 is 12.7 Å². The van der Waals surface area contributed by atoms with Gasteiger partial charge in [-0.3, -0.25) is 23.5 Å². The second-order valence-electron chi connectivity index (χ2n) is 12.0. The number of nitrogens with one attached hydrogen (secondary N) is 1. The SMILES string of the molecule is Cc1c(CC(=O)Nc2c(C)n(C(=O)c3ccc(OC(F)(F)F)cc3)c3cc(F)c(O)c(F)c23)c2c(F)c(O)c(F)cc2n1C(=O)c1ccc(OC(F)(F)F)cc1. The number of carbonyl (C=O) groups excluding carboxylic acids is 3. The molecule has 0 atom stereocenters. The number of fused-ring (bicyclic) bond motifs is 2. The van der Waals surface area contributed by atoms with E-state index in [1.807, 2.05) is 0 Å². The van der Waals surface area contributed by atoms with Crippen molar-refractivity contribution in [3.05, 3.63) is 112 Å². The van der Waals surface area contributed by atoms with Crippen LogP contribution in [0.15, 0.2) is 60.7 Å². The number of hydrogen-bond donors (Lipinski definition) is 3. The number of anilines is 1. The van der Waals surface area contributed by atoms with Gasteiger partial charge in [0.25, 0.3) is 11.8 Å². The van der Waals surface area contributed by atoms with Gasteiger partial charge in [-0.2, -0.15) is 0 Å². The van der Waals surface area contributed by atoms with E-state index in [0.717, 1.165) is 60.0 Å². The molecule has 0 spiro atoms.